The van der Waals surface area contributed by atoms with Crippen LogP contribution >= 0.6 is 0 Å². The molecule has 5 heterocycles. The Morgan fingerprint density at radius 3 is 2.66 bits per heavy atom. The predicted molar refractivity (Wildman–Crippen MR) is 132 cm³/mol. The largest absolute Gasteiger partial charge is 0.486 e. The van der Waals surface area contributed by atoms with Gasteiger partial charge in [-0.1, -0.05) is 20.8 Å². The molecule has 0 bridgehead atoms. The third kappa shape index (κ3) is 4.51. The van der Waals surface area contributed by atoms with E-state index in [0.29, 0.717) is 43.1 Å². The van der Waals surface area contributed by atoms with Gasteiger partial charge in [0.25, 0.3) is 5.56 Å². The van der Waals surface area contributed by atoms with Gasteiger partial charge in [-0.25, -0.2) is 4.39 Å². The first-order valence-electron chi connectivity index (χ1n) is 12.2. The first-order chi connectivity index (χ1) is 16.8. The average Bonchev–Trinajstić information content (AvgIpc) is 2.83. The molecule has 0 N–H and O–H groups in total. The number of aromatic nitrogens is 3. The van der Waals surface area contributed by atoms with E-state index in [4.69, 9.17) is 14.5 Å². The molecule has 7 nitrogen and oxygen atoms in total. The van der Waals surface area contributed by atoms with Gasteiger partial charge in [-0.15, -0.1) is 0 Å². The Balaban J connectivity index is 1.47. The molecule has 3 aromatic heterocycles. The van der Waals surface area contributed by atoms with E-state index >= 15 is 0 Å². The highest BCUT2D eigenvalue weighted by molar-refractivity contribution is 5.74. The lowest BCUT2D eigenvalue weighted by Gasteiger charge is -2.55. The van der Waals surface area contributed by atoms with Crippen molar-refractivity contribution >= 4 is 11.0 Å². The van der Waals surface area contributed by atoms with Crippen molar-refractivity contribution in [2.45, 2.75) is 52.1 Å². The van der Waals surface area contributed by atoms with Gasteiger partial charge >= 0.3 is 0 Å². The van der Waals surface area contributed by atoms with E-state index in [1.54, 1.807) is 16.8 Å². The highest BCUT2D eigenvalue weighted by Gasteiger charge is 2.48. The summed E-state index contributed by atoms with van der Waals surface area (Å²) in [6.07, 6.45) is 7.94. The summed E-state index contributed by atoms with van der Waals surface area (Å²) in [4.78, 5) is 24.1. The first-order valence-corrected chi connectivity index (χ1v) is 12.2. The molecule has 5 rings (SSSR count). The van der Waals surface area contributed by atoms with Crippen molar-refractivity contribution in [3.8, 4) is 11.5 Å². The smallest absolute Gasteiger partial charge is 0.251 e. The fourth-order valence-electron chi connectivity index (χ4n) is 5.47. The van der Waals surface area contributed by atoms with Crippen LogP contribution < -0.4 is 15.0 Å². The molecule has 0 saturated carbocycles. The van der Waals surface area contributed by atoms with Gasteiger partial charge in [0, 0.05) is 48.9 Å². The molecule has 185 valence electrons. The normalized spacial score (nSPS) is 20.8. The average molecular weight is 480 g/mol. The maximum Gasteiger partial charge on any atom is 0.251 e. The number of fused-ring (bicyclic) bond motifs is 2. The monoisotopic (exact) mass is 479 g/mol. The molecule has 1 radical (unpaired) electrons. The van der Waals surface area contributed by atoms with Crippen molar-refractivity contribution in [1.82, 2.24) is 19.4 Å². The molecule has 0 aliphatic carbocycles. The van der Waals surface area contributed by atoms with Crippen molar-refractivity contribution in [2.75, 3.05) is 26.3 Å². The summed E-state index contributed by atoms with van der Waals surface area (Å²) in [5.41, 5.74) is 1.66. The minimum atomic E-state index is -0.446. The SMILES string of the molecule is CC(C)(C)C1(Cc2cc3c(cn2)OCCO3)C[CH]CCN1CCn1c(=O)ccc2ncc(F)cc21. The van der Waals surface area contributed by atoms with Gasteiger partial charge in [-0.3, -0.25) is 19.7 Å². The Bertz CT molecular complexity index is 1290. The highest BCUT2D eigenvalue weighted by Crippen LogP contribution is 2.45. The number of likely N-dealkylation sites (tertiary alicyclic amines) is 1. The van der Waals surface area contributed by atoms with Crippen LogP contribution in [0.1, 0.15) is 39.3 Å². The van der Waals surface area contributed by atoms with Crippen LogP contribution in [-0.2, 0) is 13.0 Å². The van der Waals surface area contributed by atoms with Gasteiger partial charge in [0.05, 0.1) is 23.4 Å². The number of piperidine rings is 1. The van der Waals surface area contributed by atoms with Crippen molar-refractivity contribution in [3.05, 3.63) is 64.9 Å². The summed E-state index contributed by atoms with van der Waals surface area (Å²) < 4.78 is 27.1. The minimum absolute atomic E-state index is 0.0732. The van der Waals surface area contributed by atoms with E-state index in [9.17, 15) is 9.18 Å². The second kappa shape index (κ2) is 9.22. The van der Waals surface area contributed by atoms with Gasteiger partial charge in [0.15, 0.2) is 11.5 Å². The van der Waals surface area contributed by atoms with Gasteiger partial charge in [-0.05, 0) is 37.3 Å². The second-order valence-electron chi connectivity index (χ2n) is 10.4. The summed E-state index contributed by atoms with van der Waals surface area (Å²) in [6.45, 7) is 9.86. The van der Waals surface area contributed by atoms with Crippen LogP contribution in [0.5, 0.6) is 11.5 Å². The molecule has 0 spiro atoms. The summed E-state index contributed by atoms with van der Waals surface area (Å²) in [5, 5.41) is 0. The zero-order valence-electron chi connectivity index (χ0n) is 20.6. The molecule has 35 heavy (non-hydrogen) atoms. The third-order valence-electron chi connectivity index (χ3n) is 7.44. The van der Waals surface area contributed by atoms with E-state index in [1.165, 1.54) is 18.3 Å². The lowest BCUT2D eigenvalue weighted by molar-refractivity contribution is -0.0270. The fraction of sp³-hybridized carbons (Fsp3) is 0.481. The van der Waals surface area contributed by atoms with E-state index in [1.807, 2.05) is 6.07 Å². The lowest BCUT2D eigenvalue weighted by atomic mass is 9.65. The van der Waals surface area contributed by atoms with E-state index in [-0.39, 0.29) is 16.5 Å². The number of ether oxygens (including phenoxy) is 2. The Morgan fingerprint density at radius 2 is 1.86 bits per heavy atom. The summed E-state index contributed by atoms with van der Waals surface area (Å²) in [7, 11) is 0. The molecule has 0 aromatic carbocycles. The van der Waals surface area contributed by atoms with Crippen molar-refractivity contribution in [3.63, 3.8) is 0 Å². The minimum Gasteiger partial charge on any atom is -0.486 e. The van der Waals surface area contributed by atoms with E-state index in [0.717, 1.165) is 37.3 Å². The molecule has 0 amide bonds. The highest BCUT2D eigenvalue weighted by atomic mass is 19.1. The van der Waals surface area contributed by atoms with Crippen LogP contribution in [0.2, 0.25) is 0 Å². The molecule has 1 unspecified atom stereocenters. The molecular weight excluding hydrogens is 447 g/mol. The standard InChI is InChI=1S/C27H32FN4O3/c1-26(2,3)27(16-20-15-23-24(18-29-20)35-13-12-34-23)8-4-5-9-31(27)10-11-32-22-14-19(28)17-30-21(22)6-7-25(32)33/h4,6-7,14-15,17-18H,5,8-13,16H2,1-3H3. The third-order valence-corrected chi connectivity index (χ3v) is 7.44. The van der Waals surface area contributed by atoms with Crippen molar-refractivity contribution < 1.29 is 13.9 Å². The number of halogens is 1. The molecule has 2 aliphatic heterocycles. The number of rotatable bonds is 5. The second-order valence-corrected chi connectivity index (χ2v) is 10.4. The van der Waals surface area contributed by atoms with Gasteiger partial charge in [-0.2, -0.15) is 0 Å². The predicted octanol–water partition coefficient (Wildman–Crippen LogP) is 4.03. The van der Waals surface area contributed by atoms with Crippen molar-refractivity contribution in [1.29, 1.82) is 0 Å². The topological polar surface area (TPSA) is 69.5 Å². The lowest BCUT2D eigenvalue weighted by Crippen LogP contribution is -2.61. The van der Waals surface area contributed by atoms with Gasteiger partial charge in [0.1, 0.15) is 19.0 Å². The van der Waals surface area contributed by atoms with Crippen molar-refractivity contribution in [2.24, 2.45) is 5.41 Å². The number of pyridine rings is 3. The molecule has 2 aliphatic rings. The molecule has 1 atom stereocenters. The maximum absolute atomic E-state index is 14.0. The fourth-order valence-corrected chi connectivity index (χ4v) is 5.47. The zero-order valence-corrected chi connectivity index (χ0v) is 20.6. The number of nitrogens with zero attached hydrogens (tertiary/aromatic N) is 4. The maximum atomic E-state index is 14.0. The molecular formula is C27H32FN4O3. The quantitative estimate of drug-likeness (QED) is 0.550. The van der Waals surface area contributed by atoms with Crippen LogP contribution in [0.15, 0.2) is 41.5 Å². The van der Waals surface area contributed by atoms with Crippen LogP contribution in [0, 0.1) is 17.7 Å². The zero-order chi connectivity index (χ0) is 24.6. The van der Waals surface area contributed by atoms with E-state index < -0.39 is 5.82 Å². The van der Waals surface area contributed by atoms with E-state index in [2.05, 4.69) is 37.1 Å². The molecule has 1 saturated heterocycles. The molecule has 1 fully saturated rings. The summed E-state index contributed by atoms with van der Waals surface area (Å²) >= 11 is 0. The number of hydrogen-bond donors (Lipinski definition) is 0. The van der Waals surface area contributed by atoms with Crippen LogP contribution in [0.3, 0.4) is 0 Å². The number of hydrogen-bond acceptors (Lipinski definition) is 6. The molecule has 3 aromatic rings. The Morgan fingerprint density at radius 1 is 1.06 bits per heavy atom. The Kier molecular flexibility index (Phi) is 6.25. The van der Waals surface area contributed by atoms with Crippen LogP contribution in [0.4, 0.5) is 4.39 Å². The molecule has 8 heteroatoms. The van der Waals surface area contributed by atoms with Gasteiger partial charge in [0.2, 0.25) is 0 Å². The Labute approximate surface area is 204 Å². The first kappa shape index (κ1) is 23.7. The Hall–Kier alpha value is -3.00. The summed E-state index contributed by atoms with van der Waals surface area (Å²) in [5.74, 6) is 0.986. The van der Waals surface area contributed by atoms with Crippen LogP contribution in [-0.4, -0.2) is 51.3 Å². The van der Waals surface area contributed by atoms with Crippen LogP contribution in [0.25, 0.3) is 11.0 Å². The van der Waals surface area contributed by atoms with Gasteiger partial charge < -0.3 is 14.0 Å². The summed E-state index contributed by atoms with van der Waals surface area (Å²) in [6, 6.07) is 6.55.